The van der Waals surface area contributed by atoms with Gasteiger partial charge < -0.3 is 10.5 Å². The number of benzene rings is 2. The highest BCUT2D eigenvalue weighted by molar-refractivity contribution is 5.37. The first-order valence-corrected chi connectivity index (χ1v) is 6.43. The van der Waals surface area contributed by atoms with Crippen molar-refractivity contribution in [1.82, 2.24) is 0 Å². The second-order valence-corrected chi connectivity index (χ2v) is 4.37. The number of halogens is 1. The summed E-state index contributed by atoms with van der Waals surface area (Å²) in [7, 11) is 0. The summed E-state index contributed by atoms with van der Waals surface area (Å²) in [5.74, 6) is 0.556. The molecule has 2 rings (SSSR count). The normalized spacial score (nSPS) is 12.2. The quantitative estimate of drug-likeness (QED) is 0.892. The van der Waals surface area contributed by atoms with Crippen molar-refractivity contribution in [3.8, 4) is 5.75 Å². The summed E-state index contributed by atoms with van der Waals surface area (Å²) < 4.78 is 19.2. The molecule has 3 heteroatoms. The fourth-order valence-corrected chi connectivity index (χ4v) is 2.08. The Morgan fingerprint density at radius 2 is 1.79 bits per heavy atom. The number of nitrogens with two attached hydrogens (primary N) is 1. The van der Waals surface area contributed by atoms with E-state index in [2.05, 4.69) is 0 Å². The third-order valence-corrected chi connectivity index (χ3v) is 3.02. The molecule has 0 aliphatic rings. The molecule has 0 aromatic heterocycles. The van der Waals surface area contributed by atoms with E-state index in [1.54, 1.807) is 12.1 Å². The third kappa shape index (κ3) is 3.32. The number of rotatable bonds is 5. The van der Waals surface area contributed by atoms with Crippen molar-refractivity contribution in [1.29, 1.82) is 0 Å². The minimum absolute atomic E-state index is 0.216. The second kappa shape index (κ2) is 6.34. The lowest BCUT2D eigenvalue weighted by Crippen LogP contribution is -2.15. The van der Waals surface area contributed by atoms with Crippen LogP contribution in [0.25, 0.3) is 0 Å². The van der Waals surface area contributed by atoms with Crippen molar-refractivity contribution in [2.75, 3.05) is 6.61 Å². The van der Waals surface area contributed by atoms with Gasteiger partial charge in [-0.05, 0) is 31.0 Å². The van der Waals surface area contributed by atoms with Crippen molar-refractivity contribution in [3.05, 3.63) is 65.5 Å². The first-order chi connectivity index (χ1) is 9.22. The van der Waals surface area contributed by atoms with Crippen LogP contribution in [0.15, 0.2) is 48.5 Å². The minimum atomic E-state index is -0.278. The molecule has 0 bridgehead atoms. The average molecular weight is 259 g/mol. The van der Waals surface area contributed by atoms with E-state index >= 15 is 0 Å². The van der Waals surface area contributed by atoms with Gasteiger partial charge in [0, 0.05) is 11.6 Å². The monoisotopic (exact) mass is 259 g/mol. The van der Waals surface area contributed by atoms with Crippen LogP contribution in [0.4, 0.5) is 4.39 Å². The molecule has 0 amide bonds. The van der Waals surface area contributed by atoms with Crippen LogP contribution in [0.1, 0.15) is 24.1 Å². The molecule has 0 fully saturated rings. The number of hydrogen-bond acceptors (Lipinski definition) is 2. The Bertz CT molecular complexity index is 542. The van der Waals surface area contributed by atoms with Gasteiger partial charge in [0.05, 0.1) is 6.61 Å². The molecule has 0 saturated heterocycles. The van der Waals surface area contributed by atoms with E-state index in [9.17, 15) is 4.39 Å². The van der Waals surface area contributed by atoms with Crippen LogP contribution >= 0.6 is 0 Å². The maximum Gasteiger partial charge on any atom is 0.126 e. The zero-order chi connectivity index (χ0) is 13.7. The Balaban J connectivity index is 2.20. The molecule has 2 aromatic carbocycles. The van der Waals surface area contributed by atoms with Crippen LogP contribution in [0.2, 0.25) is 0 Å². The summed E-state index contributed by atoms with van der Waals surface area (Å²) in [5.41, 5.74) is 7.72. The topological polar surface area (TPSA) is 35.2 Å². The average Bonchev–Trinajstić information content (AvgIpc) is 2.42. The molecule has 0 aliphatic carbocycles. The Morgan fingerprint density at radius 1 is 1.11 bits per heavy atom. The molecular formula is C16H18FNO. The highest BCUT2D eigenvalue weighted by Crippen LogP contribution is 2.26. The van der Waals surface area contributed by atoms with Crippen LogP contribution in [0.5, 0.6) is 5.75 Å². The van der Waals surface area contributed by atoms with Gasteiger partial charge in [-0.1, -0.05) is 36.4 Å². The van der Waals surface area contributed by atoms with Gasteiger partial charge in [-0.2, -0.15) is 0 Å². The van der Waals surface area contributed by atoms with Crippen molar-refractivity contribution in [2.24, 2.45) is 5.73 Å². The van der Waals surface area contributed by atoms with Gasteiger partial charge >= 0.3 is 0 Å². The van der Waals surface area contributed by atoms with E-state index < -0.39 is 0 Å². The summed E-state index contributed by atoms with van der Waals surface area (Å²) in [6.07, 6.45) is 0.455. The maximum atomic E-state index is 13.6. The second-order valence-electron chi connectivity index (χ2n) is 4.37. The molecule has 1 atom stereocenters. The molecular weight excluding hydrogens is 241 g/mol. The van der Waals surface area contributed by atoms with E-state index in [0.29, 0.717) is 18.6 Å². The van der Waals surface area contributed by atoms with Crippen LogP contribution in [0.3, 0.4) is 0 Å². The van der Waals surface area contributed by atoms with Crippen molar-refractivity contribution in [3.63, 3.8) is 0 Å². The Hall–Kier alpha value is -1.87. The SMILES string of the molecule is CCOc1ccccc1C(N)Cc1ccccc1F. The maximum absolute atomic E-state index is 13.6. The molecule has 2 aromatic rings. The molecule has 0 saturated carbocycles. The van der Waals surface area contributed by atoms with Crippen LogP contribution < -0.4 is 10.5 Å². The zero-order valence-corrected chi connectivity index (χ0v) is 11.0. The first-order valence-electron chi connectivity index (χ1n) is 6.43. The van der Waals surface area contributed by atoms with Gasteiger partial charge in [-0.3, -0.25) is 0 Å². The van der Waals surface area contributed by atoms with Gasteiger partial charge in [-0.25, -0.2) is 4.39 Å². The van der Waals surface area contributed by atoms with Crippen molar-refractivity contribution >= 4 is 0 Å². The Kier molecular flexibility index (Phi) is 4.53. The molecule has 0 heterocycles. The van der Waals surface area contributed by atoms with E-state index in [0.717, 1.165) is 11.3 Å². The lowest BCUT2D eigenvalue weighted by molar-refractivity contribution is 0.334. The molecule has 0 spiro atoms. The first kappa shape index (κ1) is 13.6. The summed E-state index contributed by atoms with van der Waals surface area (Å²) >= 11 is 0. The smallest absolute Gasteiger partial charge is 0.126 e. The number of hydrogen-bond donors (Lipinski definition) is 1. The fourth-order valence-electron chi connectivity index (χ4n) is 2.08. The largest absolute Gasteiger partial charge is 0.494 e. The van der Waals surface area contributed by atoms with Crippen LogP contribution in [-0.4, -0.2) is 6.61 Å². The van der Waals surface area contributed by atoms with Gasteiger partial charge in [0.15, 0.2) is 0 Å². The lowest BCUT2D eigenvalue weighted by atomic mass is 9.98. The summed E-state index contributed by atoms with van der Waals surface area (Å²) in [5, 5.41) is 0. The molecule has 1 unspecified atom stereocenters. The Labute approximate surface area is 113 Å². The highest BCUT2D eigenvalue weighted by atomic mass is 19.1. The van der Waals surface area contributed by atoms with E-state index in [-0.39, 0.29) is 11.9 Å². The van der Waals surface area contributed by atoms with Crippen LogP contribution in [-0.2, 0) is 6.42 Å². The molecule has 2 nitrogen and oxygen atoms in total. The van der Waals surface area contributed by atoms with Gasteiger partial charge in [0.1, 0.15) is 11.6 Å². The standard InChI is InChI=1S/C16H18FNO/c1-2-19-16-10-6-4-8-13(16)15(18)11-12-7-3-5-9-14(12)17/h3-10,15H,2,11,18H2,1H3. The van der Waals surface area contributed by atoms with E-state index in [4.69, 9.17) is 10.5 Å². The summed E-state index contributed by atoms with van der Waals surface area (Å²) in [4.78, 5) is 0. The number of para-hydroxylation sites is 1. The van der Waals surface area contributed by atoms with Gasteiger partial charge in [-0.15, -0.1) is 0 Å². The predicted octanol–water partition coefficient (Wildman–Crippen LogP) is 3.47. The molecule has 19 heavy (non-hydrogen) atoms. The Morgan fingerprint density at radius 3 is 2.53 bits per heavy atom. The fraction of sp³-hybridized carbons (Fsp3) is 0.250. The lowest BCUT2D eigenvalue weighted by Gasteiger charge is -2.16. The zero-order valence-electron chi connectivity index (χ0n) is 11.0. The molecule has 100 valence electrons. The van der Waals surface area contributed by atoms with Gasteiger partial charge in [0.25, 0.3) is 0 Å². The highest BCUT2D eigenvalue weighted by Gasteiger charge is 2.14. The third-order valence-electron chi connectivity index (χ3n) is 3.02. The summed E-state index contributed by atoms with van der Waals surface area (Å²) in [6.45, 7) is 2.52. The minimum Gasteiger partial charge on any atom is -0.494 e. The van der Waals surface area contributed by atoms with E-state index in [1.165, 1.54) is 6.07 Å². The van der Waals surface area contributed by atoms with Crippen LogP contribution in [0, 0.1) is 5.82 Å². The molecule has 2 N–H and O–H groups in total. The predicted molar refractivity (Wildman–Crippen MR) is 74.6 cm³/mol. The van der Waals surface area contributed by atoms with Crippen molar-refractivity contribution < 1.29 is 9.13 Å². The summed E-state index contributed by atoms with van der Waals surface area (Å²) in [6, 6.07) is 14.1. The number of ether oxygens (including phenoxy) is 1. The van der Waals surface area contributed by atoms with Gasteiger partial charge in [0.2, 0.25) is 0 Å². The van der Waals surface area contributed by atoms with E-state index in [1.807, 2.05) is 37.3 Å². The molecule has 0 aliphatic heterocycles. The molecule has 0 radical (unpaired) electrons. The van der Waals surface area contributed by atoms with Crippen molar-refractivity contribution in [2.45, 2.75) is 19.4 Å².